The number of hydrogen-bond donors (Lipinski definition) is 2. The van der Waals surface area contributed by atoms with Gasteiger partial charge >= 0.3 is 0 Å². The molecule has 0 aliphatic heterocycles. The average molecular weight is 484 g/mol. The molecule has 1 aromatic heterocycles. The predicted molar refractivity (Wildman–Crippen MR) is 127 cm³/mol. The molecule has 4 aromatic rings. The van der Waals surface area contributed by atoms with Gasteiger partial charge in [-0.15, -0.1) is 0 Å². The molecule has 168 valence electrons. The van der Waals surface area contributed by atoms with Crippen molar-refractivity contribution in [2.45, 2.75) is 6.61 Å². The fraction of sp³-hybridized carbons (Fsp3) is 0.0833. The number of methoxy groups -OCH3 is 1. The van der Waals surface area contributed by atoms with E-state index in [1.54, 1.807) is 49.6 Å². The van der Waals surface area contributed by atoms with Crippen LogP contribution in [0.5, 0.6) is 28.7 Å². The lowest BCUT2D eigenvalue weighted by atomic mass is 10.1. The van der Waals surface area contributed by atoms with Crippen molar-refractivity contribution < 1.29 is 19.3 Å². The molecule has 0 aliphatic carbocycles. The Morgan fingerprint density at radius 2 is 1.76 bits per heavy atom. The molecule has 3 N–H and O–H groups in total. The third-order valence-corrected chi connectivity index (χ3v) is 5.28. The Kier molecular flexibility index (Phi) is 6.72. The first-order chi connectivity index (χ1) is 15.9. The summed E-state index contributed by atoms with van der Waals surface area (Å²) in [5.74, 6) is 1.71. The number of anilines is 1. The number of nitrogen functional groups attached to an aromatic ring is 1. The van der Waals surface area contributed by atoms with Crippen LogP contribution >= 0.6 is 23.2 Å². The highest BCUT2D eigenvalue weighted by Gasteiger charge is 2.17. The van der Waals surface area contributed by atoms with Crippen LogP contribution in [0.1, 0.15) is 5.56 Å². The summed E-state index contributed by atoms with van der Waals surface area (Å²) in [4.78, 5) is 8.28. The van der Waals surface area contributed by atoms with Crippen LogP contribution in [0.4, 0.5) is 5.95 Å². The molecule has 33 heavy (non-hydrogen) atoms. The monoisotopic (exact) mass is 483 g/mol. The van der Waals surface area contributed by atoms with Crippen LogP contribution in [-0.4, -0.2) is 22.2 Å². The van der Waals surface area contributed by atoms with Gasteiger partial charge in [-0.2, -0.15) is 0 Å². The fourth-order valence-electron chi connectivity index (χ4n) is 3.07. The summed E-state index contributed by atoms with van der Waals surface area (Å²) in [6, 6.07) is 17.1. The van der Waals surface area contributed by atoms with Gasteiger partial charge in [0.2, 0.25) is 5.95 Å². The van der Waals surface area contributed by atoms with Crippen molar-refractivity contribution in [3.63, 3.8) is 0 Å². The Morgan fingerprint density at radius 1 is 0.970 bits per heavy atom. The quantitative estimate of drug-likeness (QED) is 0.326. The second-order valence-corrected chi connectivity index (χ2v) is 7.74. The summed E-state index contributed by atoms with van der Waals surface area (Å²) in [6.45, 7) is 0.206. The van der Waals surface area contributed by atoms with Gasteiger partial charge in [-0.05, 0) is 36.4 Å². The zero-order valence-corrected chi connectivity index (χ0v) is 19.0. The molecular weight excluding hydrogens is 465 g/mol. The molecule has 0 fully saturated rings. The number of rotatable bonds is 7. The minimum Gasteiger partial charge on any atom is -0.507 e. The van der Waals surface area contributed by atoms with Gasteiger partial charge < -0.3 is 25.1 Å². The molecule has 3 aromatic carbocycles. The summed E-state index contributed by atoms with van der Waals surface area (Å²) >= 11 is 12.1. The molecule has 0 bridgehead atoms. The summed E-state index contributed by atoms with van der Waals surface area (Å²) in [6.07, 6.45) is 1.44. The lowest BCUT2D eigenvalue weighted by Gasteiger charge is -2.14. The van der Waals surface area contributed by atoms with Crippen molar-refractivity contribution in [3.8, 4) is 40.0 Å². The Morgan fingerprint density at radius 3 is 2.48 bits per heavy atom. The van der Waals surface area contributed by atoms with Gasteiger partial charge in [0.15, 0.2) is 17.2 Å². The number of para-hydroxylation sites is 2. The van der Waals surface area contributed by atoms with Gasteiger partial charge in [0, 0.05) is 27.2 Å². The van der Waals surface area contributed by atoms with Gasteiger partial charge in [0.1, 0.15) is 23.8 Å². The Hall–Kier alpha value is -3.68. The molecule has 0 radical (unpaired) electrons. The maximum Gasteiger partial charge on any atom is 0.220 e. The van der Waals surface area contributed by atoms with Crippen molar-refractivity contribution in [1.82, 2.24) is 9.97 Å². The molecule has 0 unspecified atom stereocenters. The first-order valence-corrected chi connectivity index (χ1v) is 10.5. The van der Waals surface area contributed by atoms with Gasteiger partial charge in [-0.3, -0.25) is 0 Å². The lowest BCUT2D eigenvalue weighted by molar-refractivity contribution is 0.304. The molecule has 0 saturated heterocycles. The maximum absolute atomic E-state index is 10.7. The highest BCUT2D eigenvalue weighted by atomic mass is 35.5. The third-order valence-electron chi connectivity index (χ3n) is 4.70. The Bertz CT molecular complexity index is 1300. The van der Waals surface area contributed by atoms with E-state index < -0.39 is 0 Å². The zero-order valence-electron chi connectivity index (χ0n) is 17.5. The molecule has 0 amide bonds. The average Bonchev–Trinajstić information content (AvgIpc) is 2.80. The zero-order chi connectivity index (χ0) is 23.4. The first kappa shape index (κ1) is 22.5. The van der Waals surface area contributed by atoms with Crippen molar-refractivity contribution in [1.29, 1.82) is 0 Å². The highest BCUT2D eigenvalue weighted by molar-refractivity contribution is 6.35. The second-order valence-electron chi connectivity index (χ2n) is 6.90. The third kappa shape index (κ3) is 5.22. The number of hydrogen-bond acceptors (Lipinski definition) is 7. The minimum absolute atomic E-state index is 0.0366. The summed E-state index contributed by atoms with van der Waals surface area (Å²) in [7, 11) is 1.55. The maximum atomic E-state index is 10.7. The van der Waals surface area contributed by atoms with Crippen molar-refractivity contribution in [3.05, 3.63) is 82.5 Å². The molecule has 4 rings (SSSR count). The Labute approximate surface area is 200 Å². The van der Waals surface area contributed by atoms with Gasteiger partial charge in [0.05, 0.1) is 13.3 Å². The molecule has 0 saturated carbocycles. The van der Waals surface area contributed by atoms with E-state index in [4.69, 9.17) is 43.1 Å². The molecule has 0 spiro atoms. The van der Waals surface area contributed by atoms with E-state index in [0.717, 1.165) is 5.56 Å². The van der Waals surface area contributed by atoms with Crippen LogP contribution in [0.3, 0.4) is 0 Å². The van der Waals surface area contributed by atoms with Crippen molar-refractivity contribution in [2.24, 2.45) is 0 Å². The van der Waals surface area contributed by atoms with Crippen LogP contribution in [0, 0.1) is 0 Å². The van der Waals surface area contributed by atoms with Crippen molar-refractivity contribution >= 4 is 29.2 Å². The number of halogens is 2. The number of ether oxygens (including phenoxy) is 3. The molecule has 1 heterocycles. The highest BCUT2D eigenvalue weighted by Crippen LogP contribution is 2.40. The molecule has 7 nitrogen and oxygen atoms in total. The number of phenols is 1. The number of aromatic hydroxyl groups is 1. The van der Waals surface area contributed by atoms with Crippen LogP contribution in [0.25, 0.3) is 11.3 Å². The summed E-state index contributed by atoms with van der Waals surface area (Å²) in [5.41, 5.74) is 7.28. The van der Waals surface area contributed by atoms with Crippen LogP contribution in [0.15, 0.2) is 66.9 Å². The predicted octanol–water partition coefficient (Wildman–Crippen LogP) is 6.12. The topological polar surface area (TPSA) is 99.7 Å². The van der Waals surface area contributed by atoms with Gasteiger partial charge in [0.25, 0.3) is 0 Å². The first-order valence-electron chi connectivity index (χ1n) is 9.78. The largest absolute Gasteiger partial charge is 0.507 e. The van der Waals surface area contributed by atoms with Crippen molar-refractivity contribution in [2.75, 3.05) is 12.8 Å². The van der Waals surface area contributed by atoms with Crippen LogP contribution < -0.4 is 19.9 Å². The van der Waals surface area contributed by atoms with E-state index in [9.17, 15) is 5.11 Å². The molecular formula is C24H19Cl2N3O4. The number of phenolic OH excluding ortho intramolecular Hbond substituents is 1. The van der Waals surface area contributed by atoms with Gasteiger partial charge in [-0.25, -0.2) is 9.97 Å². The second kappa shape index (κ2) is 9.85. The number of nitrogens with two attached hydrogens (primary N) is 1. The van der Waals surface area contributed by atoms with Gasteiger partial charge in [-0.1, -0.05) is 41.4 Å². The minimum atomic E-state index is -0.0716. The smallest absolute Gasteiger partial charge is 0.220 e. The Balaban J connectivity index is 1.60. The lowest BCUT2D eigenvalue weighted by Crippen LogP contribution is -2.00. The van der Waals surface area contributed by atoms with E-state index in [1.807, 2.05) is 12.1 Å². The van der Waals surface area contributed by atoms with Crippen LogP contribution in [-0.2, 0) is 6.61 Å². The number of aromatic nitrogens is 2. The SMILES string of the molecule is COc1ccccc1Oc1cnc(N)nc1-c1ccc(OCc2ccc(Cl)cc2Cl)cc1O. The van der Waals surface area contributed by atoms with Crippen LogP contribution in [0.2, 0.25) is 10.0 Å². The normalized spacial score (nSPS) is 10.6. The van der Waals surface area contributed by atoms with E-state index in [0.29, 0.717) is 44.3 Å². The summed E-state index contributed by atoms with van der Waals surface area (Å²) < 4.78 is 17.1. The summed E-state index contributed by atoms with van der Waals surface area (Å²) in [5, 5.41) is 11.8. The number of nitrogens with zero attached hydrogens (tertiary/aromatic N) is 2. The van der Waals surface area contributed by atoms with E-state index in [1.165, 1.54) is 12.3 Å². The van der Waals surface area contributed by atoms with E-state index in [2.05, 4.69) is 9.97 Å². The molecule has 9 heteroatoms. The standard InChI is InChI=1S/C24H19Cl2N3O4/c1-31-20-4-2-3-5-21(20)33-22-12-28-24(27)29-23(22)17-9-8-16(11-19(17)30)32-13-14-6-7-15(25)10-18(14)26/h2-12,30H,13H2,1H3,(H2,27,28,29). The molecule has 0 aliphatic rings. The fourth-order valence-corrected chi connectivity index (χ4v) is 3.54. The van der Waals surface area contributed by atoms with E-state index >= 15 is 0 Å². The number of benzene rings is 3. The molecule has 0 atom stereocenters. The van der Waals surface area contributed by atoms with E-state index in [-0.39, 0.29) is 18.3 Å².